The third-order valence-corrected chi connectivity index (χ3v) is 7.84. The lowest BCUT2D eigenvalue weighted by Gasteiger charge is -2.50. The lowest BCUT2D eigenvalue weighted by Crippen LogP contribution is -2.42. The van der Waals surface area contributed by atoms with Crippen LogP contribution < -0.4 is 0 Å². The summed E-state index contributed by atoms with van der Waals surface area (Å²) < 4.78 is 11.8. The molecule has 1 heterocycles. The molecule has 2 heteroatoms. The van der Waals surface area contributed by atoms with Gasteiger partial charge in [-0.1, -0.05) is 38.8 Å². The molecule has 2 aliphatic carbocycles. The minimum atomic E-state index is 0.378. The molecule has 2 fully saturated rings. The maximum atomic E-state index is 5.92. The Hall–Kier alpha value is -0.340. The quantitative estimate of drug-likeness (QED) is 0.540. The first kappa shape index (κ1) is 19.4. The van der Waals surface area contributed by atoms with Crippen molar-refractivity contribution in [2.24, 2.45) is 29.1 Å². The maximum absolute atomic E-state index is 5.92. The largest absolute Gasteiger partial charge is 0.379 e. The Morgan fingerprint density at radius 2 is 1.88 bits per heavy atom. The fourth-order valence-electron chi connectivity index (χ4n) is 6.26. The predicted molar refractivity (Wildman–Crippen MR) is 105 cm³/mol. The molecule has 3 rings (SSSR count). The van der Waals surface area contributed by atoms with E-state index in [1.165, 1.54) is 51.4 Å². The molecule has 0 amide bonds. The molecule has 2 nitrogen and oxygen atoms in total. The number of hydrogen-bond donors (Lipinski definition) is 0. The van der Waals surface area contributed by atoms with Crippen molar-refractivity contribution in [1.82, 2.24) is 0 Å². The zero-order valence-corrected chi connectivity index (χ0v) is 17.1. The van der Waals surface area contributed by atoms with Crippen molar-refractivity contribution >= 4 is 0 Å². The van der Waals surface area contributed by atoms with Gasteiger partial charge in [0.05, 0.1) is 19.3 Å². The van der Waals surface area contributed by atoms with E-state index in [0.29, 0.717) is 11.5 Å². The van der Waals surface area contributed by atoms with Crippen LogP contribution in [0.5, 0.6) is 0 Å². The smallest absolute Gasteiger partial charge is 0.0704 e. The van der Waals surface area contributed by atoms with Gasteiger partial charge < -0.3 is 9.47 Å². The van der Waals surface area contributed by atoms with E-state index in [4.69, 9.17) is 9.47 Å². The molecule has 1 aliphatic heterocycles. The summed E-state index contributed by atoms with van der Waals surface area (Å²) in [5.41, 5.74) is 2.24. The second-order valence-electron chi connectivity index (χ2n) is 9.20. The van der Waals surface area contributed by atoms with Crippen molar-refractivity contribution in [2.75, 3.05) is 19.8 Å². The highest BCUT2D eigenvalue weighted by Crippen LogP contribution is 2.59. The molecular formula is C23H40O2. The van der Waals surface area contributed by atoms with Gasteiger partial charge >= 0.3 is 0 Å². The van der Waals surface area contributed by atoms with Crippen LogP contribution in [0.1, 0.15) is 79.1 Å². The summed E-state index contributed by atoms with van der Waals surface area (Å²) in [6, 6.07) is 0. The van der Waals surface area contributed by atoms with E-state index < -0.39 is 0 Å². The molecule has 144 valence electrons. The first-order valence-electron chi connectivity index (χ1n) is 10.9. The zero-order valence-electron chi connectivity index (χ0n) is 17.1. The predicted octanol–water partition coefficient (Wildman–Crippen LogP) is 6.01. The zero-order chi connectivity index (χ0) is 17.9. The molecule has 1 saturated heterocycles. The molecule has 1 saturated carbocycles. The monoisotopic (exact) mass is 348 g/mol. The van der Waals surface area contributed by atoms with E-state index in [1.54, 1.807) is 5.57 Å². The van der Waals surface area contributed by atoms with Crippen molar-refractivity contribution in [3.63, 3.8) is 0 Å². The van der Waals surface area contributed by atoms with Gasteiger partial charge in [0.1, 0.15) is 0 Å². The summed E-state index contributed by atoms with van der Waals surface area (Å²) in [4.78, 5) is 0. The highest BCUT2D eigenvalue weighted by atomic mass is 16.5. The Morgan fingerprint density at radius 1 is 1.04 bits per heavy atom. The van der Waals surface area contributed by atoms with Gasteiger partial charge in [0.2, 0.25) is 0 Å². The van der Waals surface area contributed by atoms with Crippen LogP contribution in [0, 0.1) is 29.1 Å². The second-order valence-corrected chi connectivity index (χ2v) is 9.20. The van der Waals surface area contributed by atoms with Crippen molar-refractivity contribution in [3.05, 3.63) is 11.6 Å². The van der Waals surface area contributed by atoms with E-state index in [9.17, 15) is 0 Å². The van der Waals surface area contributed by atoms with Crippen molar-refractivity contribution in [3.8, 4) is 0 Å². The van der Waals surface area contributed by atoms with E-state index in [1.807, 2.05) is 0 Å². The highest BCUT2D eigenvalue weighted by Gasteiger charge is 2.50. The summed E-state index contributed by atoms with van der Waals surface area (Å²) in [5.74, 6) is 3.45. The number of rotatable bonds is 1. The highest BCUT2D eigenvalue weighted by molar-refractivity contribution is 5.24. The van der Waals surface area contributed by atoms with Crippen LogP contribution in [-0.4, -0.2) is 25.9 Å². The Morgan fingerprint density at radius 3 is 2.68 bits per heavy atom. The van der Waals surface area contributed by atoms with E-state index in [-0.39, 0.29) is 0 Å². The molecule has 25 heavy (non-hydrogen) atoms. The first-order chi connectivity index (χ1) is 12.1. The number of allylic oxidation sites excluding steroid dienone is 2. The van der Waals surface area contributed by atoms with Gasteiger partial charge in [-0.3, -0.25) is 0 Å². The first-order valence-corrected chi connectivity index (χ1v) is 10.9. The summed E-state index contributed by atoms with van der Waals surface area (Å²) in [6.45, 7) is 12.1. The van der Waals surface area contributed by atoms with E-state index >= 15 is 0 Å². The maximum Gasteiger partial charge on any atom is 0.0704 e. The molecule has 0 aromatic heterocycles. The summed E-state index contributed by atoms with van der Waals surface area (Å²) in [5, 5.41) is 0. The van der Waals surface area contributed by atoms with Crippen LogP contribution >= 0.6 is 0 Å². The molecule has 0 N–H and O–H groups in total. The molecule has 0 aromatic rings. The minimum Gasteiger partial charge on any atom is -0.379 e. The summed E-state index contributed by atoms with van der Waals surface area (Å²) in [7, 11) is 0. The second kappa shape index (κ2) is 8.57. The van der Waals surface area contributed by atoms with Crippen molar-refractivity contribution < 1.29 is 9.47 Å². The third-order valence-electron chi connectivity index (χ3n) is 7.84. The Balaban J connectivity index is 1.75. The average Bonchev–Trinajstić information content (AvgIpc) is 2.94. The van der Waals surface area contributed by atoms with Gasteiger partial charge in [0.25, 0.3) is 0 Å². The van der Waals surface area contributed by atoms with Gasteiger partial charge in [0.15, 0.2) is 0 Å². The topological polar surface area (TPSA) is 18.5 Å². The van der Waals surface area contributed by atoms with Crippen LogP contribution in [0.15, 0.2) is 11.6 Å². The Bertz CT molecular complexity index is 457. The van der Waals surface area contributed by atoms with Crippen LogP contribution in [0.2, 0.25) is 0 Å². The molecule has 3 aliphatic rings. The molecule has 0 radical (unpaired) electrons. The van der Waals surface area contributed by atoms with Crippen LogP contribution in [-0.2, 0) is 9.47 Å². The van der Waals surface area contributed by atoms with E-state index in [2.05, 4.69) is 33.8 Å². The number of ether oxygens (including phenoxy) is 2. The van der Waals surface area contributed by atoms with Gasteiger partial charge in [-0.25, -0.2) is 0 Å². The van der Waals surface area contributed by atoms with Crippen LogP contribution in [0.4, 0.5) is 0 Å². The molecule has 6 unspecified atom stereocenters. The standard InChI is InChI=1S/C23H40O2/c1-5-19-9-10-22-21-8-6-7-18(3)25-16-15-24-14-12-17(2)20(21)11-13-23(19,22)4/h9,17-18,20-22H,5-8,10-16H2,1-4H3. The molecule has 6 atom stereocenters. The lowest BCUT2D eigenvalue weighted by atomic mass is 9.55. The van der Waals surface area contributed by atoms with Crippen LogP contribution in [0.3, 0.4) is 0 Å². The average molecular weight is 349 g/mol. The SMILES string of the molecule is CCC1=CCC2C3CCCC(C)OCCOCCC(C)C3CCC12C. The van der Waals surface area contributed by atoms with Crippen molar-refractivity contribution in [1.29, 1.82) is 0 Å². The lowest BCUT2D eigenvalue weighted by molar-refractivity contribution is 0.00356. The molecule has 0 bridgehead atoms. The normalized spacial score (nSPS) is 43.8. The Labute approximate surface area is 155 Å². The van der Waals surface area contributed by atoms with Gasteiger partial charge in [0, 0.05) is 6.61 Å². The Kier molecular flexibility index (Phi) is 6.65. The minimum absolute atomic E-state index is 0.378. The van der Waals surface area contributed by atoms with Crippen LogP contribution in [0.25, 0.3) is 0 Å². The molecular weight excluding hydrogens is 308 g/mol. The van der Waals surface area contributed by atoms with Crippen molar-refractivity contribution in [2.45, 2.75) is 85.2 Å². The third kappa shape index (κ3) is 4.16. The van der Waals surface area contributed by atoms with Gasteiger partial charge in [-0.15, -0.1) is 0 Å². The number of fused-ring (bicyclic) bond motifs is 3. The fourth-order valence-corrected chi connectivity index (χ4v) is 6.26. The summed E-state index contributed by atoms with van der Waals surface area (Å²) >= 11 is 0. The van der Waals surface area contributed by atoms with Gasteiger partial charge in [-0.2, -0.15) is 0 Å². The molecule has 0 aromatic carbocycles. The number of hydrogen-bond acceptors (Lipinski definition) is 2. The van der Waals surface area contributed by atoms with E-state index in [0.717, 1.165) is 43.5 Å². The summed E-state index contributed by atoms with van der Waals surface area (Å²) in [6.07, 6.45) is 13.5. The molecule has 0 spiro atoms. The van der Waals surface area contributed by atoms with Gasteiger partial charge in [-0.05, 0) is 81.0 Å². The fraction of sp³-hybridized carbons (Fsp3) is 0.913.